The van der Waals surface area contributed by atoms with Crippen molar-refractivity contribution in [2.75, 3.05) is 18.0 Å². The smallest absolute Gasteiger partial charge is 0.185 e. The first-order valence-electron chi connectivity index (χ1n) is 10.2. The summed E-state index contributed by atoms with van der Waals surface area (Å²) in [7, 11) is 0. The zero-order valence-electron chi connectivity index (χ0n) is 16.7. The lowest BCUT2D eigenvalue weighted by atomic mass is 10.1. The van der Waals surface area contributed by atoms with Crippen LogP contribution >= 0.6 is 15.9 Å². The van der Waals surface area contributed by atoms with Crippen molar-refractivity contribution in [3.05, 3.63) is 88.3 Å². The number of benzene rings is 2. The average molecular weight is 466 g/mol. The SMILES string of the molecule is O=C(/C=C/c1ccc(COc2ccccc2Br)o1)c1ccc(N2CCCCC2)cc1. The van der Waals surface area contributed by atoms with Crippen LogP contribution < -0.4 is 9.64 Å². The average Bonchev–Trinajstić information content (AvgIpc) is 3.25. The number of carbonyl (C=O) groups excluding carboxylic acids is 1. The number of ketones is 1. The molecule has 0 unspecified atom stereocenters. The number of para-hydroxylation sites is 1. The summed E-state index contributed by atoms with van der Waals surface area (Å²) in [5, 5.41) is 0. The molecule has 3 aromatic rings. The van der Waals surface area contributed by atoms with Crippen LogP contribution in [0.3, 0.4) is 0 Å². The number of piperidine rings is 1. The Kier molecular flexibility index (Phi) is 6.70. The lowest BCUT2D eigenvalue weighted by molar-refractivity contribution is 0.104. The van der Waals surface area contributed by atoms with Crippen molar-refractivity contribution in [2.45, 2.75) is 25.9 Å². The van der Waals surface area contributed by atoms with Gasteiger partial charge in [-0.15, -0.1) is 0 Å². The summed E-state index contributed by atoms with van der Waals surface area (Å²) in [5.74, 6) is 2.04. The largest absolute Gasteiger partial charge is 0.484 e. The van der Waals surface area contributed by atoms with Gasteiger partial charge in [-0.2, -0.15) is 0 Å². The molecule has 0 spiro atoms. The van der Waals surface area contributed by atoms with Gasteiger partial charge in [-0.05, 0) is 95.9 Å². The van der Waals surface area contributed by atoms with E-state index in [0.29, 0.717) is 23.7 Å². The van der Waals surface area contributed by atoms with Gasteiger partial charge in [-0.1, -0.05) is 12.1 Å². The Labute approximate surface area is 185 Å². The van der Waals surface area contributed by atoms with E-state index in [1.54, 1.807) is 12.2 Å². The van der Waals surface area contributed by atoms with Gasteiger partial charge in [0.1, 0.15) is 23.9 Å². The number of allylic oxidation sites excluding steroid dienone is 1. The van der Waals surface area contributed by atoms with Crippen molar-refractivity contribution in [3.8, 4) is 5.75 Å². The molecule has 1 aromatic heterocycles. The molecule has 0 bridgehead atoms. The monoisotopic (exact) mass is 465 g/mol. The molecule has 0 atom stereocenters. The van der Waals surface area contributed by atoms with Crippen molar-refractivity contribution < 1.29 is 13.9 Å². The topological polar surface area (TPSA) is 42.7 Å². The molecule has 0 aliphatic carbocycles. The summed E-state index contributed by atoms with van der Waals surface area (Å²) in [6, 6.07) is 19.2. The van der Waals surface area contributed by atoms with Crippen LogP contribution in [0.25, 0.3) is 6.08 Å². The lowest BCUT2D eigenvalue weighted by Gasteiger charge is -2.28. The number of ether oxygens (including phenoxy) is 1. The maximum Gasteiger partial charge on any atom is 0.185 e. The molecule has 30 heavy (non-hydrogen) atoms. The molecule has 1 fully saturated rings. The van der Waals surface area contributed by atoms with Gasteiger partial charge in [0.05, 0.1) is 4.47 Å². The van der Waals surface area contributed by atoms with Crippen LogP contribution in [0.15, 0.2) is 75.6 Å². The zero-order valence-corrected chi connectivity index (χ0v) is 18.3. The Morgan fingerprint density at radius 3 is 2.53 bits per heavy atom. The van der Waals surface area contributed by atoms with Crippen molar-refractivity contribution in [1.29, 1.82) is 0 Å². The minimum absolute atomic E-state index is 0.0392. The van der Waals surface area contributed by atoms with Crippen LogP contribution in [-0.4, -0.2) is 18.9 Å². The number of furan rings is 1. The molecule has 5 heteroatoms. The van der Waals surface area contributed by atoms with E-state index in [0.717, 1.165) is 23.3 Å². The molecule has 0 N–H and O–H groups in total. The molecule has 4 rings (SSSR count). The normalized spacial score (nSPS) is 14.2. The molecule has 2 aromatic carbocycles. The molecule has 4 nitrogen and oxygen atoms in total. The predicted molar refractivity (Wildman–Crippen MR) is 123 cm³/mol. The fourth-order valence-corrected chi connectivity index (χ4v) is 3.91. The first-order valence-corrected chi connectivity index (χ1v) is 11.0. The number of carbonyl (C=O) groups is 1. The van der Waals surface area contributed by atoms with Gasteiger partial charge >= 0.3 is 0 Å². The second-order valence-electron chi connectivity index (χ2n) is 7.32. The summed E-state index contributed by atoms with van der Waals surface area (Å²) in [5.41, 5.74) is 1.87. The molecule has 154 valence electrons. The standard InChI is InChI=1S/C25H24BrNO3/c26-23-6-2-3-7-25(23)29-18-22-13-12-21(30-22)14-15-24(28)19-8-10-20(11-9-19)27-16-4-1-5-17-27/h2-3,6-15H,1,4-5,16-18H2/b15-14+. The van der Waals surface area contributed by atoms with E-state index in [1.165, 1.54) is 24.9 Å². The van der Waals surface area contributed by atoms with Crippen molar-refractivity contribution >= 4 is 33.5 Å². The number of hydrogen-bond donors (Lipinski definition) is 0. The molecule has 0 amide bonds. The Hall–Kier alpha value is -2.79. The summed E-state index contributed by atoms with van der Waals surface area (Å²) >= 11 is 3.46. The highest BCUT2D eigenvalue weighted by atomic mass is 79.9. The van der Waals surface area contributed by atoms with Crippen LogP contribution in [0.1, 0.15) is 41.1 Å². The highest BCUT2D eigenvalue weighted by molar-refractivity contribution is 9.10. The molecule has 1 aliphatic heterocycles. The fraction of sp³-hybridized carbons (Fsp3) is 0.240. The maximum atomic E-state index is 12.5. The van der Waals surface area contributed by atoms with Crippen LogP contribution in [-0.2, 0) is 6.61 Å². The summed E-state index contributed by atoms with van der Waals surface area (Å²) in [4.78, 5) is 14.9. The number of hydrogen-bond acceptors (Lipinski definition) is 4. The number of halogens is 1. The van der Waals surface area contributed by atoms with Crippen LogP contribution in [0.4, 0.5) is 5.69 Å². The third-order valence-electron chi connectivity index (χ3n) is 5.16. The van der Waals surface area contributed by atoms with Crippen molar-refractivity contribution in [2.24, 2.45) is 0 Å². The Bertz CT molecular complexity index is 1020. The van der Waals surface area contributed by atoms with E-state index < -0.39 is 0 Å². The zero-order chi connectivity index (χ0) is 20.8. The third kappa shape index (κ3) is 5.22. The predicted octanol–water partition coefficient (Wildman–Crippen LogP) is 6.51. The van der Waals surface area contributed by atoms with Crippen LogP contribution in [0, 0.1) is 0 Å². The van der Waals surface area contributed by atoms with E-state index in [2.05, 4.69) is 20.8 Å². The second-order valence-corrected chi connectivity index (χ2v) is 8.17. The molecule has 1 aliphatic rings. The summed E-state index contributed by atoms with van der Waals surface area (Å²) in [6.07, 6.45) is 7.03. The van der Waals surface area contributed by atoms with E-state index in [9.17, 15) is 4.79 Å². The van der Waals surface area contributed by atoms with E-state index >= 15 is 0 Å². The summed E-state index contributed by atoms with van der Waals surface area (Å²) < 4.78 is 12.4. The Morgan fingerprint density at radius 2 is 1.77 bits per heavy atom. The Morgan fingerprint density at radius 1 is 1.00 bits per heavy atom. The quantitative estimate of drug-likeness (QED) is 0.294. The first-order chi connectivity index (χ1) is 14.7. The minimum Gasteiger partial charge on any atom is -0.484 e. The lowest BCUT2D eigenvalue weighted by Crippen LogP contribution is -2.29. The number of anilines is 1. The maximum absolute atomic E-state index is 12.5. The van der Waals surface area contributed by atoms with E-state index in [4.69, 9.17) is 9.15 Å². The van der Waals surface area contributed by atoms with Gasteiger partial charge in [-0.3, -0.25) is 4.79 Å². The highest BCUT2D eigenvalue weighted by Gasteiger charge is 2.11. The van der Waals surface area contributed by atoms with Gasteiger partial charge in [0, 0.05) is 24.3 Å². The fourth-order valence-electron chi connectivity index (χ4n) is 3.51. The Balaban J connectivity index is 1.33. The molecule has 0 radical (unpaired) electrons. The highest BCUT2D eigenvalue weighted by Crippen LogP contribution is 2.25. The summed E-state index contributed by atoms with van der Waals surface area (Å²) in [6.45, 7) is 2.51. The molecule has 1 saturated heterocycles. The molecule has 0 saturated carbocycles. The third-order valence-corrected chi connectivity index (χ3v) is 5.82. The van der Waals surface area contributed by atoms with Gasteiger partial charge < -0.3 is 14.1 Å². The van der Waals surface area contributed by atoms with Gasteiger partial charge in [0.15, 0.2) is 5.78 Å². The van der Waals surface area contributed by atoms with Gasteiger partial charge in [0.2, 0.25) is 0 Å². The first kappa shape index (κ1) is 20.5. The van der Waals surface area contributed by atoms with Crippen molar-refractivity contribution in [1.82, 2.24) is 0 Å². The molecular weight excluding hydrogens is 442 g/mol. The van der Waals surface area contributed by atoms with E-state index in [-0.39, 0.29) is 5.78 Å². The molecule has 2 heterocycles. The van der Waals surface area contributed by atoms with E-state index in [1.807, 2.05) is 60.7 Å². The van der Waals surface area contributed by atoms with Gasteiger partial charge in [0.25, 0.3) is 0 Å². The number of nitrogens with zero attached hydrogens (tertiary/aromatic N) is 1. The number of rotatable bonds is 7. The van der Waals surface area contributed by atoms with Gasteiger partial charge in [-0.25, -0.2) is 0 Å². The van der Waals surface area contributed by atoms with Crippen LogP contribution in [0.5, 0.6) is 5.75 Å². The molecular formula is C25H24BrNO3. The van der Waals surface area contributed by atoms with Crippen LogP contribution in [0.2, 0.25) is 0 Å². The minimum atomic E-state index is -0.0392. The van der Waals surface area contributed by atoms with Crippen molar-refractivity contribution in [3.63, 3.8) is 0 Å². The second kappa shape index (κ2) is 9.81.